The lowest BCUT2D eigenvalue weighted by Gasteiger charge is -2.38. The molecule has 86 valence electrons. The number of hydrogen-bond acceptors (Lipinski definition) is 4. The lowest BCUT2D eigenvalue weighted by Crippen LogP contribution is -2.41. The molecule has 0 radical (unpaired) electrons. The second kappa shape index (κ2) is 4.01. The highest BCUT2D eigenvalue weighted by Gasteiger charge is 2.37. The van der Waals surface area contributed by atoms with E-state index in [1.165, 1.54) is 32.4 Å². The Bertz CT molecular complexity index is 335. The molecule has 2 aliphatic rings. The molecule has 16 heavy (non-hydrogen) atoms. The quantitative estimate of drug-likeness (QED) is 0.765. The van der Waals surface area contributed by atoms with Crippen LogP contribution in [0, 0.1) is 5.41 Å². The van der Waals surface area contributed by atoms with Crippen LogP contribution < -0.4 is 10.2 Å². The molecule has 2 saturated heterocycles. The Balaban J connectivity index is 1.66. The summed E-state index contributed by atoms with van der Waals surface area (Å²) in [4.78, 5) is 10.9. The molecular weight excluding hydrogens is 200 g/mol. The van der Waals surface area contributed by atoms with Crippen LogP contribution in [0.1, 0.15) is 19.3 Å². The first kappa shape index (κ1) is 10.0. The SMILES string of the molecule is c1cnc(N2CCC3(CCNC3)CC2)nc1. The van der Waals surface area contributed by atoms with Gasteiger partial charge in [-0.1, -0.05) is 0 Å². The third kappa shape index (κ3) is 1.78. The Morgan fingerprint density at radius 1 is 1.12 bits per heavy atom. The Kier molecular flexibility index (Phi) is 2.52. The van der Waals surface area contributed by atoms with Crippen molar-refractivity contribution in [1.29, 1.82) is 0 Å². The number of rotatable bonds is 1. The van der Waals surface area contributed by atoms with E-state index in [9.17, 15) is 0 Å². The van der Waals surface area contributed by atoms with E-state index < -0.39 is 0 Å². The van der Waals surface area contributed by atoms with Gasteiger partial charge in [0.2, 0.25) is 5.95 Å². The fraction of sp³-hybridized carbons (Fsp3) is 0.667. The molecule has 0 aromatic carbocycles. The molecule has 0 bridgehead atoms. The normalized spacial score (nSPS) is 23.9. The third-order valence-corrected chi connectivity index (χ3v) is 3.99. The Hall–Kier alpha value is -1.16. The number of hydrogen-bond donors (Lipinski definition) is 1. The van der Waals surface area contributed by atoms with Crippen LogP contribution in [0.25, 0.3) is 0 Å². The first-order valence-corrected chi connectivity index (χ1v) is 6.11. The maximum Gasteiger partial charge on any atom is 0.225 e. The highest BCUT2D eigenvalue weighted by Crippen LogP contribution is 2.37. The molecule has 0 atom stereocenters. The fourth-order valence-corrected chi connectivity index (χ4v) is 2.86. The van der Waals surface area contributed by atoms with E-state index in [4.69, 9.17) is 0 Å². The topological polar surface area (TPSA) is 41.1 Å². The van der Waals surface area contributed by atoms with Crippen molar-refractivity contribution in [2.45, 2.75) is 19.3 Å². The Morgan fingerprint density at radius 3 is 2.50 bits per heavy atom. The van der Waals surface area contributed by atoms with Gasteiger partial charge in [0.1, 0.15) is 0 Å². The monoisotopic (exact) mass is 218 g/mol. The summed E-state index contributed by atoms with van der Waals surface area (Å²) in [5, 5.41) is 3.49. The summed E-state index contributed by atoms with van der Waals surface area (Å²) in [6.45, 7) is 4.61. The molecule has 3 rings (SSSR count). The smallest absolute Gasteiger partial charge is 0.225 e. The average Bonchev–Trinajstić information content (AvgIpc) is 2.80. The van der Waals surface area contributed by atoms with Gasteiger partial charge in [-0.3, -0.25) is 0 Å². The second-order valence-electron chi connectivity index (χ2n) is 4.96. The maximum atomic E-state index is 4.32. The van der Waals surface area contributed by atoms with Crippen LogP contribution in [0.2, 0.25) is 0 Å². The highest BCUT2D eigenvalue weighted by atomic mass is 15.3. The number of piperidine rings is 1. The van der Waals surface area contributed by atoms with E-state index in [1.54, 1.807) is 0 Å². The summed E-state index contributed by atoms with van der Waals surface area (Å²) in [5.74, 6) is 0.892. The van der Waals surface area contributed by atoms with E-state index in [2.05, 4.69) is 20.2 Å². The number of aromatic nitrogens is 2. The molecule has 0 amide bonds. The molecule has 2 fully saturated rings. The minimum Gasteiger partial charge on any atom is -0.341 e. The molecule has 0 unspecified atom stereocenters. The lowest BCUT2D eigenvalue weighted by atomic mass is 9.78. The minimum absolute atomic E-state index is 0.575. The second-order valence-corrected chi connectivity index (χ2v) is 4.96. The summed E-state index contributed by atoms with van der Waals surface area (Å²) in [6, 6.07) is 1.87. The predicted octanol–water partition coefficient (Wildman–Crippen LogP) is 1.06. The van der Waals surface area contributed by atoms with Gasteiger partial charge < -0.3 is 10.2 Å². The number of anilines is 1. The zero-order chi connectivity index (χ0) is 10.8. The largest absolute Gasteiger partial charge is 0.341 e. The van der Waals surface area contributed by atoms with E-state index >= 15 is 0 Å². The number of nitrogens with zero attached hydrogens (tertiary/aromatic N) is 3. The van der Waals surface area contributed by atoms with Crippen molar-refractivity contribution in [1.82, 2.24) is 15.3 Å². The van der Waals surface area contributed by atoms with Crippen molar-refractivity contribution in [3.05, 3.63) is 18.5 Å². The van der Waals surface area contributed by atoms with Crippen molar-refractivity contribution in [3.63, 3.8) is 0 Å². The molecule has 2 aliphatic heterocycles. The fourth-order valence-electron chi connectivity index (χ4n) is 2.86. The summed E-state index contributed by atoms with van der Waals surface area (Å²) in [6.07, 6.45) is 7.54. The van der Waals surface area contributed by atoms with Crippen LogP contribution in [0.4, 0.5) is 5.95 Å². The molecule has 1 aromatic heterocycles. The van der Waals surface area contributed by atoms with E-state index in [0.717, 1.165) is 19.0 Å². The number of nitrogens with one attached hydrogen (secondary N) is 1. The summed E-state index contributed by atoms with van der Waals surface area (Å²) < 4.78 is 0. The Morgan fingerprint density at radius 2 is 1.88 bits per heavy atom. The van der Waals surface area contributed by atoms with Crippen LogP contribution >= 0.6 is 0 Å². The van der Waals surface area contributed by atoms with Gasteiger partial charge >= 0.3 is 0 Å². The van der Waals surface area contributed by atoms with Crippen molar-refractivity contribution in [2.24, 2.45) is 5.41 Å². The summed E-state index contributed by atoms with van der Waals surface area (Å²) in [5.41, 5.74) is 0.575. The van der Waals surface area contributed by atoms with Crippen LogP contribution in [0.5, 0.6) is 0 Å². The van der Waals surface area contributed by atoms with Gasteiger partial charge in [0.05, 0.1) is 0 Å². The van der Waals surface area contributed by atoms with E-state index in [0.29, 0.717) is 5.41 Å². The molecule has 3 heterocycles. The van der Waals surface area contributed by atoms with Crippen molar-refractivity contribution >= 4 is 5.95 Å². The van der Waals surface area contributed by atoms with Gasteiger partial charge in [-0.25, -0.2) is 9.97 Å². The van der Waals surface area contributed by atoms with Gasteiger partial charge in [0.15, 0.2) is 0 Å². The van der Waals surface area contributed by atoms with Crippen LogP contribution in [-0.2, 0) is 0 Å². The molecule has 1 spiro atoms. The van der Waals surface area contributed by atoms with Gasteiger partial charge in [0, 0.05) is 32.0 Å². The van der Waals surface area contributed by atoms with Crippen LogP contribution in [0.3, 0.4) is 0 Å². The molecule has 0 aliphatic carbocycles. The molecule has 1 aromatic rings. The van der Waals surface area contributed by atoms with Gasteiger partial charge in [0.25, 0.3) is 0 Å². The van der Waals surface area contributed by atoms with Gasteiger partial charge in [-0.15, -0.1) is 0 Å². The lowest BCUT2D eigenvalue weighted by molar-refractivity contribution is 0.246. The summed E-state index contributed by atoms with van der Waals surface area (Å²) in [7, 11) is 0. The third-order valence-electron chi connectivity index (χ3n) is 3.99. The zero-order valence-corrected chi connectivity index (χ0v) is 9.52. The first-order chi connectivity index (χ1) is 7.88. The highest BCUT2D eigenvalue weighted by molar-refractivity contribution is 5.29. The van der Waals surface area contributed by atoms with Gasteiger partial charge in [-0.05, 0) is 37.3 Å². The van der Waals surface area contributed by atoms with Crippen molar-refractivity contribution in [3.8, 4) is 0 Å². The van der Waals surface area contributed by atoms with Crippen LogP contribution in [0.15, 0.2) is 18.5 Å². The van der Waals surface area contributed by atoms with Crippen LogP contribution in [-0.4, -0.2) is 36.1 Å². The Labute approximate surface area is 96.1 Å². The zero-order valence-electron chi connectivity index (χ0n) is 9.52. The van der Waals surface area contributed by atoms with E-state index in [1.807, 2.05) is 18.5 Å². The molecule has 4 nitrogen and oxygen atoms in total. The minimum atomic E-state index is 0.575. The molecule has 4 heteroatoms. The predicted molar refractivity (Wildman–Crippen MR) is 63.4 cm³/mol. The van der Waals surface area contributed by atoms with Gasteiger partial charge in [-0.2, -0.15) is 0 Å². The first-order valence-electron chi connectivity index (χ1n) is 6.11. The molecular formula is C12H18N4. The average molecular weight is 218 g/mol. The standard InChI is InChI=1S/C12H18N4/c1-5-14-11(15-6-1)16-8-3-12(4-9-16)2-7-13-10-12/h1,5-6,13H,2-4,7-10H2. The van der Waals surface area contributed by atoms with Crippen molar-refractivity contribution in [2.75, 3.05) is 31.1 Å². The van der Waals surface area contributed by atoms with E-state index in [-0.39, 0.29) is 0 Å². The maximum absolute atomic E-state index is 4.32. The molecule has 1 N–H and O–H groups in total. The van der Waals surface area contributed by atoms with Crippen molar-refractivity contribution < 1.29 is 0 Å². The summed E-state index contributed by atoms with van der Waals surface area (Å²) >= 11 is 0. The molecule has 0 saturated carbocycles.